The molecule has 2 bridgehead atoms. The van der Waals surface area contributed by atoms with Crippen molar-refractivity contribution in [1.29, 1.82) is 0 Å². The number of nitrogens with zero attached hydrogens (tertiary/aromatic N) is 3. The van der Waals surface area contributed by atoms with Crippen molar-refractivity contribution in [2.75, 3.05) is 0 Å². The molecule has 0 amide bonds. The van der Waals surface area contributed by atoms with Crippen LogP contribution in [0.25, 0.3) is 11.4 Å². The van der Waals surface area contributed by atoms with Crippen molar-refractivity contribution in [2.24, 2.45) is 0 Å². The average Bonchev–Trinajstić information content (AvgIpc) is 2.45. The topological polar surface area (TPSA) is 47.9 Å². The molecule has 1 aromatic carbocycles. The van der Waals surface area contributed by atoms with Gasteiger partial charge in [0.05, 0.1) is 11.3 Å². The first-order valence-corrected chi connectivity index (χ1v) is 7.98. The lowest BCUT2D eigenvalue weighted by molar-refractivity contribution is -0.199. The highest BCUT2D eigenvalue weighted by Crippen LogP contribution is 2.54. The molecule has 1 aromatic heterocycles. The number of aromatic nitrogens is 3. The molecule has 0 saturated carbocycles. The summed E-state index contributed by atoms with van der Waals surface area (Å²) < 4.78 is 6.29. The molecule has 22 heavy (non-hydrogen) atoms. The molecule has 0 N–H and O–H groups in total. The van der Waals surface area contributed by atoms with Gasteiger partial charge in [-0.2, -0.15) is 0 Å². The molecule has 3 aliphatic rings. The summed E-state index contributed by atoms with van der Waals surface area (Å²) in [5.74, 6) is 0.894. The molecule has 1 aliphatic carbocycles. The van der Waals surface area contributed by atoms with Gasteiger partial charge in [0.15, 0.2) is 5.82 Å². The van der Waals surface area contributed by atoms with E-state index in [1.54, 1.807) is 0 Å². The summed E-state index contributed by atoms with van der Waals surface area (Å²) in [4.78, 5) is 4.84. The van der Waals surface area contributed by atoms with Gasteiger partial charge in [-0.25, -0.2) is 4.98 Å². The van der Waals surface area contributed by atoms with Gasteiger partial charge in [0.25, 0.3) is 0 Å². The Morgan fingerprint density at radius 1 is 1.23 bits per heavy atom. The molecule has 2 unspecified atom stereocenters. The Morgan fingerprint density at radius 2 is 2.05 bits per heavy atom. The molecule has 3 heterocycles. The van der Waals surface area contributed by atoms with Crippen LogP contribution in [0.15, 0.2) is 24.3 Å². The lowest BCUT2D eigenvalue weighted by Gasteiger charge is -2.52. The zero-order valence-corrected chi connectivity index (χ0v) is 13.7. The number of hydrogen-bond donors (Lipinski definition) is 0. The maximum atomic E-state index is 6.29. The van der Waals surface area contributed by atoms with Crippen molar-refractivity contribution >= 4 is 11.6 Å². The summed E-state index contributed by atoms with van der Waals surface area (Å²) in [5.41, 5.74) is 2.24. The van der Waals surface area contributed by atoms with Gasteiger partial charge in [-0.3, -0.25) is 0 Å². The minimum atomic E-state index is -0.375. The first-order chi connectivity index (χ1) is 10.4. The quantitative estimate of drug-likeness (QED) is 0.795. The van der Waals surface area contributed by atoms with Gasteiger partial charge < -0.3 is 4.74 Å². The van der Waals surface area contributed by atoms with Gasteiger partial charge in [-0.1, -0.05) is 23.7 Å². The molecule has 2 atom stereocenters. The molecule has 2 aliphatic heterocycles. The fourth-order valence-corrected chi connectivity index (χ4v) is 4.00. The second-order valence-corrected chi connectivity index (χ2v) is 7.34. The van der Waals surface area contributed by atoms with Gasteiger partial charge in [0, 0.05) is 16.5 Å². The van der Waals surface area contributed by atoms with Crippen LogP contribution in [0.2, 0.25) is 5.02 Å². The summed E-state index contributed by atoms with van der Waals surface area (Å²) in [6.45, 7) is 6.37. The van der Waals surface area contributed by atoms with Crippen molar-refractivity contribution in [3.05, 3.63) is 40.7 Å². The Balaban J connectivity index is 1.87. The van der Waals surface area contributed by atoms with Crippen LogP contribution in [-0.2, 0) is 10.3 Å². The molecule has 4 nitrogen and oxygen atoms in total. The van der Waals surface area contributed by atoms with Crippen LogP contribution in [-0.4, -0.2) is 20.8 Å². The smallest absolute Gasteiger partial charge is 0.182 e. The Hall–Kier alpha value is -1.52. The van der Waals surface area contributed by atoms with E-state index >= 15 is 0 Å². The molecule has 1 fully saturated rings. The third kappa shape index (κ3) is 1.97. The van der Waals surface area contributed by atoms with Crippen molar-refractivity contribution in [2.45, 2.75) is 50.7 Å². The first kappa shape index (κ1) is 14.1. The Morgan fingerprint density at radius 3 is 2.77 bits per heavy atom. The second kappa shape index (κ2) is 4.49. The Kier molecular flexibility index (Phi) is 2.88. The molecule has 0 radical (unpaired) electrons. The standard InChI is InChI=1S/C17H18ClN3O/c1-16(2)12-7-8-17(3,22-16)14-13(12)19-15(21-20-14)10-5-4-6-11(18)9-10/h4-6,9,12H,7-8H2,1-3H3. The normalized spacial score (nSPS) is 28.5. The highest BCUT2D eigenvalue weighted by molar-refractivity contribution is 6.30. The summed E-state index contributed by atoms with van der Waals surface area (Å²) in [6.07, 6.45) is 2.05. The minimum Gasteiger partial charge on any atom is -0.362 e. The summed E-state index contributed by atoms with van der Waals surface area (Å²) >= 11 is 6.07. The number of halogens is 1. The lowest BCUT2D eigenvalue weighted by atomic mass is 9.69. The maximum Gasteiger partial charge on any atom is 0.182 e. The van der Waals surface area contributed by atoms with E-state index in [1.165, 1.54) is 0 Å². The van der Waals surface area contributed by atoms with E-state index in [4.69, 9.17) is 21.3 Å². The molecule has 5 heteroatoms. The van der Waals surface area contributed by atoms with Gasteiger partial charge >= 0.3 is 0 Å². The molecular formula is C17H18ClN3O. The SMILES string of the molecule is CC12CCC(c3nc(-c4cccc(Cl)c4)nnc31)C(C)(C)O2. The van der Waals surface area contributed by atoms with Crippen molar-refractivity contribution in [3.63, 3.8) is 0 Å². The van der Waals surface area contributed by atoms with Crippen LogP contribution in [0, 0.1) is 0 Å². The van der Waals surface area contributed by atoms with Gasteiger partial charge in [-0.15, -0.1) is 10.2 Å². The zero-order valence-electron chi connectivity index (χ0n) is 12.9. The monoisotopic (exact) mass is 315 g/mol. The molecule has 5 rings (SSSR count). The molecular weight excluding hydrogens is 298 g/mol. The van der Waals surface area contributed by atoms with Crippen molar-refractivity contribution in [3.8, 4) is 11.4 Å². The van der Waals surface area contributed by atoms with Crippen LogP contribution < -0.4 is 0 Å². The number of hydrogen-bond acceptors (Lipinski definition) is 4. The fourth-order valence-electron chi connectivity index (χ4n) is 3.81. The number of benzene rings is 1. The van der Waals surface area contributed by atoms with Gasteiger partial charge in [0.1, 0.15) is 11.3 Å². The summed E-state index contributed by atoms with van der Waals surface area (Å²) in [6, 6.07) is 7.58. The molecule has 1 saturated heterocycles. The van der Waals surface area contributed by atoms with Crippen LogP contribution in [0.5, 0.6) is 0 Å². The van der Waals surface area contributed by atoms with E-state index in [1.807, 2.05) is 24.3 Å². The molecule has 114 valence electrons. The van der Waals surface area contributed by atoms with Crippen LogP contribution in [0.3, 0.4) is 0 Å². The van der Waals surface area contributed by atoms with Crippen molar-refractivity contribution in [1.82, 2.24) is 15.2 Å². The second-order valence-electron chi connectivity index (χ2n) is 6.91. The molecule has 0 spiro atoms. The van der Waals surface area contributed by atoms with Crippen LogP contribution >= 0.6 is 11.6 Å². The van der Waals surface area contributed by atoms with E-state index in [0.29, 0.717) is 10.8 Å². The Bertz CT molecular complexity index is 761. The predicted molar refractivity (Wildman–Crippen MR) is 84.8 cm³/mol. The third-order valence-corrected chi connectivity index (χ3v) is 5.10. The Labute approximate surface area is 134 Å². The minimum absolute atomic E-state index is 0.221. The molecule has 2 aromatic rings. The van der Waals surface area contributed by atoms with Gasteiger partial charge in [0.2, 0.25) is 0 Å². The van der Waals surface area contributed by atoms with Crippen LogP contribution in [0.4, 0.5) is 0 Å². The first-order valence-electron chi connectivity index (χ1n) is 7.60. The van der Waals surface area contributed by atoms with Gasteiger partial charge in [-0.05, 0) is 45.7 Å². The maximum absolute atomic E-state index is 6.29. The van der Waals surface area contributed by atoms with Crippen LogP contribution in [0.1, 0.15) is 50.9 Å². The van der Waals surface area contributed by atoms with E-state index in [0.717, 1.165) is 29.8 Å². The fraction of sp³-hybridized carbons (Fsp3) is 0.471. The zero-order chi connectivity index (χ0) is 15.5. The number of ether oxygens (including phenoxy) is 1. The summed E-state index contributed by atoms with van der Waals surface area (Å²) in [7, 11) is 0. The van der Waals surface area contributed by atoms with E-state index in [9.17, 15) is 0 Å². The third-order valence-electron chi connectivity index (χ3n) is 4.87. The highest BCUT2D eigenvalue weighted by Gasteiger charge is 2.54. The van der Waals surface area contributed by atoms with E-state index < -0.39 is 0 Å². The van der Waals surface area contributed by atoms with E-state index in [2.05, 4.69) is 31.0 Å². The van der Waals surface area contributed by atoms with E-state index in [-0.39, 0.29) is 17.1 Å². The lowest BCUT2D eigenvalue weighted by Crippen LogP contribution is -2.52. The highest BCUT2D eigenvalue weighted by atomic mass is 35.5. The number of fused-ring (bicyclic) bond motifs is 2. The summed E-state index contributed by atoms with van der Waals surface area (Å²) in [5, 5.41) is 9.46. The largest absolute Gasteiger partial charge is 0.362 e. The number of rotatable bonds is 1. The predicted octanol–water partition coefficient (Wildman–Crippen LogP) is 4.09. The van der Waals surface area contributed by atoms with Crippen molar-refractivity contribution < 1.29 is 4.74 Å². The average molecular weight is 316 g/mol.